The lowest BCUT2D eigenvalue weighted by Crippen LogP contribution is -2.13. The fraction of sp³-hybridized carbons (Fsp3) is 0.167. The Kier molecular flexibility index (Phi) is 4.94. The molecule has 0 atom stereocenters. The first-order valence-electron chi connectivity index (χ1n) is 7.84. The topological polar surface area (TPSA) is 94.6 Å². The maximum Gasteiger partial charge on any atom is 0.306 e. The van der Waals surface area contributed by atoms with Crippen LogP contribution >= 0.6 is 0 Å². The van der Waals surface area contributed by atoms with Crippen molar-refractivity contribution in [2.75, 3.05) is 11.9 Å². The highest BCUT2D eigenvalue weighted by atomic mass is 19.1. The highest BCUT2D eigenvalue weighted by Gasteiger charge is 2.22. The number of nitrogens with one attached hydrogen (secondary N) is 1. The second kappa shape index (κ2) is 7.32. The SMILES string of the molecule is CCOCc1c(C(=O)Nc2ccc(F)c([N+](=O)[O-])c2)oc2ccccc12. The van der Waals surface area contributed by atoms with Crippen LogP contribution in [0.15, 0.2) is 46.9 Å². The van der Waals surface area contributed by atoms with Crippen LogP contribution in [0.3, 0.4) is 0 Å². The highest BCUT2D eigenvalue weighted by Crippen LogP contribution is 2.28. The summed E-state index contributed by atoms with van der Waals surface area (Å²) in [5.41, 5.74) is 0.474. The molecule has 0 saturated heterocycles. The number of carbonyl (C=O) groups is 1. The summed E-state index contributed by atoms with van der Waals surface area (Å²) >= 11 is 0. The third-order valence-electron chi connectivity index (χ3n) is 3.76. The van der Waals surface area contributed by atoms with E-state index in [0.29, 0.717) is 17.8 Å². The zero-order valence-corrected chi connectivity index (χ0v) is 13.8. The van der Waals surface area contributed by atoms with Gasteiger partial charge in [-0.1, -0.05) is 18.2 Å². The maximum atomic E-state index is 13.4. The number of benzene rings is 2. The van der Waals surface area contributed by atoms with Crippen LogP contribution in [0.1, 0.15) is 23.0 Å². The molecule has 0 aliphatic heterocycles. The first kappa shape index (κ1) is 17.6. The Morgan fingerprint density at radius 3 is 2.81 bits per heavy atom. The van der Waals surface area contributed by atoms with E-state index in [1.54, 1.807) is 12.1 Å². The summed E-state index contributed by atoms with van der Waals surface area (Å²) in [6.07, 6.45) is 0. The van der Waals surface area contributed by atoms with E-state index in [1.165, 1.54) is 6.07 Å². The molecule has 7 nitrogen and oxygen atoms in total. The van der Waals surface area contributed by atoms with E-state index in [9.17, 15) is 19.3 Å². The van der Waals surface area contributed by atoms with E-state index in [-0.39, 0.29) is 18.1 Å². The lowest BCUT2D eigenvalue weighted by molar-refractivity contribution is -0.387. The van der Waals surface area contributed by atoms with Crippen molar-refractivity contribution in [3.05, 3.63) is 69.7 Å². The lowest BCUT2D eigenvalue weighted by Gasteiger charge is -2.06. The van der Waals surface area contributed by atoms with Crippen LogP contribution in [0.2, 0.25) is 0 Å². The van der Waals surface area contributed by atoms with Crippen LogP contribution in [0.4, 0.5) is 15.8 Å². The van der Waals surface area contributed by atoms with E-state index < -0.39 is 22.3 Å². The number of hydrogen-bond acceptors (Lipinski definition) is 5. The predicted octanol–water partition coefficient (Wildman–Crippen LogP) is 4.27. The van der Waals surface area contributed by atoms with Crippen molar-refractivity contribution in [2.24, 2.45) is 0 Å². The second-order valence-electron chi connectivity index (χ2n) is 5.42. The molecular weight excluding hydrogens is 343 g/mol. The summed E-state index contributed by atoms with van der Waals surface area (Å²) in [4.78, 5) is 22.6. The van der Waals surface area contributed by atoms with Gasteiger partial charge in [-0.2, -0.15) is 4.39 Å². The van der Waals surface area contributed by atoms with Crippen LogP contribution in [0.25, 0.3) is 11.0 Å². The van der Waals surface area contributed by atoms with Crippen molar-refractivity contribution in [2.45, 2.75) is 13.5 Å². The monoisotopic (exact) mass is 358 g/mol. The van der Waals surface area contributed by atoms with E-state index in [0.717, 1.165) is 17.5 Å². The van der Waals surface area contributed by atoms with Crippen molar-refractivity contribution in [1.82, 2.24) is 0 Å². The molecule has 0 bridgehead atoms. The Morgan fingerprint density at radius 1 is 1.31 bits per heavy atom. The molecular formula is C18H15FN2O5. The van der Waals surface area contributed by atoms with Gasteiger partial charge in [0.1, 0.15) is 5.58 Å². The molecule has 1 aromatic heterocycles. The van der Waals surface area contributed by atoms with Crippen LogP contribution in [-0.4, -0.2) is 17.4 Å². The second-order valence-corrected chi connectivity index (χ2v) is 5.42. The molecule has 3 rings (SSSR count). The number of amides is 1. The molecule has 1 heterocycles. The summed E-state index contributed by atoms with van der Waals surface area (Å²) in [6.45, 7) is 2.48. The molecule has 3 aromatic rings. The molecule has 0 spiro atoms. The smallest absolute Gasteiger partial charge is 0.306 e. The zero-order chi connectivity index (χ0) is 18.7. The predicted molar refractivity (Wildman–Crippen MR) is 92.6 cm³/mol. The number of halogens is 1. The number of rotatable bonds is 6. The average molecular weight is 358 g/mol. The molecule has 0 radical (unpaired) electrons. The molecule has 8 heteroatoms. The Labute approximate surface area is 147 Å². The number of hydrogen-bond donors (Lipinski definition) is 1. The molecule has 0 fully saturated rings. The summed E-state index contributed by atoms with van der Waals surface area (Å²) in [7, 11) is 0. The number of furan rings is 1. The van der Waals surface area contributed by atoms with Gasteiger partial charge < -0.3 is 14.5 Å². The number of nitrogens with zero attached hydrogens (tertiary/aromatic N) is 1. The van der Waals surface area contributed by atoms with Crippen molar-refractivity contribution in [3.8, 4) is 0 Å². The Bertz CT molecular complexity index is 983. The average Bonchev–Trinajstić information content (AvgIpc) is 3.00. The lowest BCUT2D eigenvalue weighted by atomic mass is 10.1. The van der Waals surface area contributed by atoms with Crippen molar-refractivity contribution in [3.63, 3.8) is 0 Å². The third-order valence-corrected chi connectivity index (χ3v) is 3.76. The number of para-hydroxylation sites is 1. The van der Waals surface area contributed by atoms with Crippen LogP contribution in [-0.2, 0) is 11.3 Å². The number of ether oxygens (including phenoxy) is 1. The normalized spacial score (nSPS) is 10.8. The maximum absolute atomic E-state index is 13.4. The third kappa shape index (κ3) is 3.40. The largest absolute Gasteiger partial charge is 0.451 e. The number of fused-ring (bicyclic) bond motifs is 1. The minimum Gasteiger partial charge on any atom is -0.451 e. The zero-order valence-electron chi connectivity index (χ0n) is 13.8. The molecule has 0 aliphatic rings. The van der Waals surface area contributed by atoms with Gasteiger partial charge in [-0.25, -0.2) is 0 Å². The molecule has 26 heavy (non-hydrogen) atoms. The molecule has 0 aliphatic carbocycles. The van der Waals surface area contributed by atoms with Gasteiger partial charge in [-0.15, -0.1) is 0 Å². The fourth-order valence-electron chi connectivity index (χ4n) is 2.55. The van der Waals surface area contributed by atoms with Crippen LogP contribution in [0, 0.1) is 15.9 Å². The molecule has 0 saturated carbocycles. The van der Waals surface area contributed by atoms with Gasteiger partial charge in [-0.3, -0.25) is 14.9 Å². The number of carbonyl (C=O) groups excluding carboxylic acids is 1. The van der Waals surface area contributed by atoms with Gasteiger partial charge in [0.25, 0.3) is 5.91 Å². The number of nitro benzene ring substituents is 1. The standard InChI is InChI=1S/C18H15FN2O5/c1-2-25-10-13-12-5-3-4-6-16(12)26-17(13)18(22)20-11-7-8-14(19)15(9-11)21(23)24/h3-9H,2,10H2,1H3,(H,20,22). The summed E-state index contributed by atoms with van der Waals surface area (Å²) in [5, 5.41) is 14.1. The first-order chi connectivity index (χ1) is 12.5. The van der Waals surface area contributed by atoms with E-state index in [4.69, 9.17) is 9.15 Å². The van der Waals surface area contributed by atoms with Gasteiger partial charge in [-0.05, 0) is 25.1 Å². The van der Waals surface area contributed by atoms with E-state index >= 15 is 0 Å². The van der Waals surface area contributed by atoms with Crippen molar-refractivity contribution >= 4 is 28.3 Å². The number of anilines is 1. The fourth-order valence-corrected chi connectivity index (χ4v) is 2.55. The minimum atomic E-state index is -0.978. The highest BCUT2D eigenvalue weighted by molar-refractivity contribution is 6.06. The summed E-state index contributed by atoms with van der Waals surface area (Å²) in [5.74, 6) is -1.53. The summed E-state index contributed by atoms with van der Waals surface area (Å²) < 4.78 is 24.5. The Hall–Kier alpha value is -3.26. The van der Waals surface area contributed by atoms with Gasteiger partial charge in [0.15, 0.2) is 5.76 Å². The first-order valence-corrected chi connectivity index (χ1v) is 7.84. The quantitative estimate of drug-likeness (QED) is 0.524. The Morgan fingerprint density at radius 2 is 2.08 bits per heavy atom. The van der Waals surface area contributed by atoms with E-state index in [1.807, 2.05) is 19.1 Å². The Balaban J connectivity index is 1.95. The number of nitro groups is 1. The molecule has 134 valence electrons. The molecule has 1 N–H and O–H groups in total. The molecule has 1 amide bonds. The van der Waals surface area contributed by atoms with Gasteiger partial charge in [0.2, 0.25) is 5.82 Å². The van der Waals surface area contributed by atoms with Gasteiger partial charge >= 0.3 is 5.69 Å². The van der Waals surface area contributed by atoms with E-state index in [2.05, 4.69) is 5.32 Å². The van der Waals surface area contributed by atoms with Crippen LogP contribution < -0.4 is 5.32 Å². The van der Waals surface area contributed by atoms with Crippen molar-refractivity contribution in [1.29, 1.82) is 0 Å². The molecule has 2 aromatic carbocycles. The van der Waals surface area contributed by atoms with Gasteiger partial charge in [0.05, 0.1) is 11.5 Å². The van der Waals surface area contributed by atoms with Crippen LogP contribution in [0.5, 0.6) is 0 Å². The molecule has 0 unspecified atom stereocenters. The van der Waals surface area contributed by atoms with Gasteiger partial charge in [0, 0.05) is 29.3 Å². The summed E-state index contributed by atoms with van der Waals surface area (Å²) in [6, 6.07) is 10.3. The van der Waals surface area contributed by atoms with Crippen molar-refractivity contribution < 1.29 is 23.3 Å². The minimum absolute atomic E-state index is 0.0478.